The maximum Gasteiger partial charge on any atom is 0.355 e. The lowest BCUT2D eigenvalue weighted by atomic mass is 10.1. The average Bonchev–Trinajstić information content (AvgIpc) is 3.19. The van der Waals surface area contributed by atoms with E-state index in [4.69, 9.17) is 20.8 Å². The highest BCUT2D eigenvalue weighted by Gasteiger charge is 2.22. The third-order valence-electron chi connectivity index (χ3n) is 3.86. The highest BCUT2D eigenvalue weighted by Crippen LogP contribution is 2.34. The number of carboxylic acids is 1. The molecule has 0 aliphatic heterocycles. The number of anilines is 1. The topological polar surface area (TPSA) is 97.5 Å². The Hall–Kier alpha value is -3.39. The highest BCUT2D eigenvalue weighted by molar-refractivity contribution is 6.32. The standard InChI is InChI=1S/C19H15ClFN3O4/c1-3-11-15(19(25)26)23-18(12-6-7-13(20)16(27-2)14(12)21)24-17(11)22-9-10-5-4-8-28-10/h3-8H,1,9H2,2H3,(H,25,26)(H,22,23,24). The molecule has 0 fully saturated rings. The van der Waals surface area contributed by atoms with Gasteiger partial charge in [0.25, 0.3) is 0 Å². The molecule has 0 saturated heterocycles. The zero-order chi connectivity index (χ0) is 20.3. The average molecular weight is 404 g/mol. The zero-order valence-corrected chi connectivity index (χ0v) is 15.5. The number of ether oxygens (including phenoxy) is 1. The van der Waals surface area contributed by atoms with Crippen LogP contribution in [0.4, 0.5) is 10.2 Å². The summed E-state index contributed by atoms with van der Waals surface area (Å²) in [7, 11) is 1.27. The summed E-state index contributed by atoms with van der Waals surface area (Å²) < 4.78 is 25.0. The number of carbonyl (C=O) groups is 1. The molecule has 7 nitrogen and oxygen atoms in total. The van der Waals surface area contributed by atoms with Crippen LogP contribution in [0.25, 0.3) is 17.5 Å². The van der Waals surface area contributed by atoms with Gasteiger partial charge in [-0.15, -0.1) is 0 Å². The van der Waals surface area contributed by atoms with Crippen molar-refractivity contribution in [3.8, 4) is 17.1 Å². The maximum absolute atomic E-state index is 14.8. The first-order valence-corrected chi connectivity index (χ1v) is 8.40. The minimum atomic E-state index is -1.30. The van der Waals surface area contributed by atoms with Crippen LogP contribution in [0.5, 0.6) is 5.75 Å². The third kappa shape index (κ3) is 3.67. The number of rotatable bonds is 7. The predicted octanol–water partition coefficient (Wildman–Crippen LogP) is 4.49. The molecule has 2 heterocycles. The number of hydrogen-bond acceptors (Lipinski definition) is 6. The number of aromatic nitrogens is 2. The van der Waals surface area contributed by atoms with Crippen LogP contribution in [0.15, 0.2) is 41.5 Å². The van der Waals surface area contributed by atoms with E-state index < -0.39 is 11.8 Å². The molecule has 1 aromatic carbocycles. The molecule has 0 saturated carbocycles. The van der Waals surface area contributed by atoms with Crippen LogP contribution in [0, 0.1) is 5.82 Å². The molecule has 2 N–H and O–H groups in total. The van der Waals surface area contributed by atoms with Gasteiger partial charge in [-0.25, -0.2) is 19.2 Å². The SMILES string of the molecule is C=Cc1c(NCc2ccco2)nc(-c2ccc(Cl)c(OC)c2F)nc1C(=O)O. The van der Waals surface area contributed by atoms with Crippen molar-refractivity contribution in [3.05, 3.63) is 65.0 Å². The van der Waals surface area contributed by atoms with Crippen molar-refractivity contribution in [2.75, 3.05) is 12.4 Å². The lowest BCUT2D eigenvalue weighted by molar-refractivity contribution is 0.0690. The second kappa shape index (κ2) is 8.10. The van der Waals surface area contributed by atoms with Crippen LogP contribution in [0.1, 0.15) is 21.8 Å². The Kier molecular flexibility index (Phi) is 5.60. The molecule has 0 radical (unpaired) electrons. The molecule has 28 heavy (non-hydrogen) atoms. The molecule has 2 aromatic heterocycles. The van der Waals surface area contributed by atoms with Gasteiger partial charge >= 0.3 is 5.97 Å². The van der Waals surface area contributed by atoms with E-state index in [-0.39, 0.29) is 45.8 Å². The molecule has 3 rings (SSSR count). The fraction of sp³-hybridized carbons (Fsp3) is 0.105. The van der Waals surface area contributed by atoms with Crippen molar-refractivity contribution >= 4 is 29.5 Å². The van der Waals surface area contributed by atoms with Crippen LogP contribution < -0.4 is 10.1 Å². The van der Waals surface area contributed by atoms with Crippen LogP contribution in [0.3, 0.4) is 0 Å². The molecule has 3 aromatic rings. The molecule has 9 heteroatoms. The summed E-state index contributed by atoms with van der Waals surface area (Å²) in [5.74, 6) is -1.65. The first-order valence-electron chi connectivity index (χ1n) is 8.02. The van der Waals surface area contributed by atoms with Crippen molar-refractivity contribution in [2.45, 2.75) is 6.54 Å². The fourth-order valence-electron chi connectivity index (χ4n) is 2.56. The molecule has 0 aliphatic carbocycles. The van der Waals surface area contributed by atoms with Gasteiger partial charge in [0.2, 0.25) is 0 Å². The zero-order valence-electron chi connectivity index (χ0n) is 14.7. The Balaban J connectivity index is 2.14. The van der Waals surface area contributed by atoms with E-state index in [1.807, 2.05) is 0 Å². The van der Waals surface area contributed by atoms with E-state index in [0.29, 0.717) is 5.76 Å². The Bertz CT molecular complexity index is 1040. The van der Waals surface area contributed by atoms with E-state index in [1.54, 1.807) is 12.1 Å². The predicted molar refractivity (Wildman–Crippen MR) is 102 cm³/mol. The molecule has 0 unspecified atom stereocenters. The van der Waals surface area contributed by atoms with Gasteiger partial charge < -0.3 is 19.6 Å². The van der Waals surface area contributed by atoms with Crippen LogP contribution in [-0.2, 0) is 6.54 Å². The van der Waals surface area contributed by atoms with Crippen molar-refractivity contribution in [3.63, 3.8) is 0 Å². The van der Waals surface area contributed by atoms with Crippen LogP contribution in [0.2, 0.25) is 5.02 Å². The van der Waals surface area contributed by atoms with Crippen molar-refractivity contribution in [2.24, 2.45) is 0 Å². The smallest absolute Gasteiger partial charge is 0.355 e. The van der Waals surface area contributed by atoms with E-state index in [1.165, 1.54) is 31.6 Å². The molecular weight excluding hydrogens is 389 g/mol. The Morgan fingerprint density at radius 3 is 2.82 bits per heavy atom. The number of carboxylic acid groups (broad SMARTS) is 1. The first kappa shape index (κ1) is 19.4. The summed E-state index contributed by atoms with van der Waals surface area (Å²) >= 11 is 5.92. The fourth-order valence-corrected chi connectivity index (χ4v) is 2.78. The normalized spacial score (nSPS) is 10.5. The largest absolute Gasteiger partial charge is 0.492 e. The van der Waals surface area contributed by atoms with Gasteiger partial charge in [-0.1, -0.05) is 24.3 Å². The quantitative estimate of drug-likeness (QED) is 0.599. The number of halogens is 2. The number of nitrogens with one attached hydrogen (secondary N) is 1. The summed E-state index contributed by atoms with van der Waals surface area (Å²) in [4.78, 5) is 20.0. The summed E-state index contributed by atoms with van der Waals surface area (Å²) in [6.07, 6.45) is 2.82. The number of methoxy groups -OCH3 is 1. The first-order chi connectivity index (χ1) is 13.5. The monoisotopic (exact) mass is 403 g/mol. The van der Waals surface area contributed by atoms with Gasteiger partial charge in [-0.05, 0) is 24.3 Å². The van der Waals surface area contributed by atoms with Crippen LogP contribution >= 0.6 is 11.6 Å². The highest BCUT2D eigenvalue weighted by atomic mass is 35.5. The lowest BCUT2D eigenvalue weighted by Crippen LogP contribution is -2.12. The van der Waals surface area contributed by atoms with Gasteiger partial charge in [0.1, 0.15) is 11.6 Å². The number of aromatic carboxylic acids is 1. The number of nitrogens with zero attached hydrogens (tertiary/aromatic N) is 2. The van der Waals surface area contributed by atoms with Crippen molar-refractivity contribution in [1.82, 2.24) is 9.97 Å². The van der Waals surface area contributed by atoms with Crippen molar-refractivity contribution in [1.29, 1.82) is 0 Å². The molecular formula is C19H15ClFN3O4. The number of benzene rings is 1. The Morgan fingerprint density at radius 2 is 2.21 bits per heavy atom. The maximum atomic E-state index is 14.8. The Morgan fingerprint density at radius 1 is 1.43 bits per heavy atom. The molecule has 144 valence electrons. The van der Waals surface area contributed by atoms with Crippen molar-refractivity contribution < 1.29 is 23.4 Å². The molecule has 0 atom stereocenters. The minimum absolute atomic E-state index is 0.0552. The second-order valence-electron chi connectivity index (χ2n) is 5.54. The van der Waals surface area contributed by atoms with Crippen LogP contribution in [-0.4, -0.2) is 28.2 Å². The van der Waals surface area contributed by atoms with Gasteiger partial charge in [0.05, 0.1) is 30.5 Å². The molecule has 0 spiro atoms. The summed E-state index contributed by atoms with van der Waals surface area (Å²) in [5, 5.41) is 12.6. The van der Waals surface area contributed by atoms with E-state index >= 15 is 0 Å². The van der Waals surface area contributed by atoms with Gasteiger partial charge in [0, 0.05) is 5.56 Å². The third-order valence-corrected chi connectivity index (χ3v) is 4.15. The molecule has 0 aliphatic rings. The minimum Gasteiger partial charge on any atom is -0.492 e. The van der Waals surface area contributed by atoms with Gasteiger partial charge in [-0.3, -0.25) is 0 Å². The van der Waals surface area contributed by atoms with Gasteiger partial charge in [-0.2, -0.15) is 0 Å². The lowest BCUT2D eigenvalue weighted by Gasteiger charge is -2.13. The molecule has 0 amide bonds. The Labute approximate surface area is 164 Å². The molecule has 0 bridgehead atoms. The summed E-state index contributed by atoms with van der Waals surface area (Å²) in [5.41, 5.74) is -0.209. The second-order valence-corrected chi connectivity index (χ2v) is 5.95. The van der Waals surface area contributed by atoms with Gasteiger partial charge in [0.15, 0.2) is 23.1 Å². The van der Waals surface area contributed by atoms with E-state index in [9.17, 15) is 14.3 Å². The number of hydrogen-bond donors (Lipinski definition) is 2. The van der Waals surface area contributed by atoms with E-state index in [2.05, 4.69) is 21.9 Å². The van der Waals surface area contributed by atoms with E-state index in [0.717, 1.165) is 0 Å². The summed E-state index contributed by atoms with van der Waals surface area (Å²) in [6.45, 7) is 3.85. The summed E-state index contributed by atoms with van der Waals surface area (Å²) in [6, 6.07) is 6.23. The number of furan rings is 1.